The molecule has 0 unspecified atom stereocenters. The van der Waals surface area contributed by atoms with E-state index in [9.17, 15) is 0 Å². The standard InChI is InChI=1S/C40H25Br/c41-40-35-23-10-8-21-33(35)39(34-22-9-11-24-36(34)40)28-16-12-15-27(25-28)38-31-19-6-4-17-29(31)37(26-13-2-1-3-14-26)30-18-5-7-20-32(30)38/h1-25H. The summed E-state index contributed by atoms with van der Waals surface area (Å²) in [6, 6.07) is 55.1. The van der Waals surface area contributed by atoms with Crippen LogP contribution in [0.25, 0.3) is 76.5 Å². The van der Waals surface area contributed by atoms with Gasteiger partial charge in [0.15, 0.2) is 0 Å². The van der Waals surface area contributed by atoms with E-state index in [0.717, 1.165) is 4.47 Å². The zero-order valence-electron chi connectivity index (χ0n) is 22.3. The molecule has 0 bridgehead atoms. The largest absolute Gasteiger partial charge is 0.0622 e. The highest BCUT2D eigenvalue weighted by Crippen LogP contribution is 2.46. The Bertz CT molecular complexity index is 2150. The summed E-state index contributed by atoms with van der Waals surface area (Å²) >= 11 is 3.92. The first-order valence-electron chi connectivity index (χ1n) is 14.0. The predicted octanol–water partition coefficient (Wildman–Crippen LogP) is 12.1. The monoisotopic (exact) mass is 584 g/mol. The van der Waals surface area contributed by atoms with Gasteiger partial charge in [0.25, 0.3) is 0 Å². The molecule has 1 heteroatoms. The van der Waals surface area contributed by atoms with Crippen molar-refractivity contribution in [2.24, 2.45) is 0 Å². The Morgan fingerprint density at radius 1 is 0.268 bits per heavy atom. The van der Waals surface area contributed by atoms with Gasteiger partial charge < -0.3 is 0 Å². The van der Waals surface area contributed by atoms with Gasteiger partial charge >= 0.3 is 0 Å². The summed E-state index contributed by atoms with van der Waals surface area (Å²) in [5.41, 5.74) is 7.54. The second-order valence-corrected chi connectivity index (χ2v) is 11.4. The van der Waals surface area contributed by atoms with Crippen LogP contribution in [0.4, 0.5) is 0 Å². The molecule has 0 aromatic heterocycles. The van der Waals surface area contributed by atoms with Crippen LogP contribution in [-0.4, -0.2) is 0 Å². The predicted molar refractivity (Wildman–Crippen MR) is 180 cm³/mol. The van der Waals surface area contributed by atoms with E-state index in [4.69, 9.17) is 0 Å². The van der Waals surface area contributed by atoms with Crippen LogP contribution in [0, 0.1) is 0 Å². The zero-order chi connectivity index (χ0) is 27.3. The van der Waals surface area contributed by atoms with Gasteiger partial charge in [0.05, 0.1) is 0 Å². The Kier molecular flexibility index (Phi) is 5.72. The molecule has 0 heterocycles. The van der Waals surface area contributed by atoms with Gasteiger partial charge in [0.1, 0.15) is 0 Å². The maximum Gasteiger partial charge on any atom is 0.0332 e. The van der Waals surface area contributed by atoms with Crippen LogP contribution < -0.4 is 0 Å². The van der Waals surface area contributed by atoms with E-state index in [1.54, 1.807) is 0 Å². The maximum atomic E-state index is 3.92. The fourth-order valence-corrected chi connectivity index (χ4v) is 7.26. The van der Waals surface area contributed by atoms with Crippen molar-refractivity contribution in [2.45, 2.75) is 0 Å². The highest BCUT2D eigenvalue weighted by molar-refractivity contribution is 9.10. The molecule has 0 saturated carbocycles. The lowest BCUT2D eigenvalue weighted by Gasteiger charge is -2.19. The fraction of sp³-hybridized carbons (Fsp3) is 0. The average Bonchev–Trinajstić information content (AvgIpc) is 3.04. The summed E-state index contributed by atoms with van der Waals surface area (Å²) in [4.78, 5) is 0. The molecule has 0 aliphatic carbocycles. The van der Waals surface area contributed by atoms with Crippen molar-refractivity contribution in [2.75, 3.05) is 0 Å². The molecule has 0 nitrogen and oxygen atoms in total. The Morgan fingerprint density at radius 3 is 0.976 bits per heavy atom. The minimum Gasteiger partial charge on any atom is -0.0622 e. The molecular weight excluding hydrogens is 560 g/mol. The van der Waals surface area contributed by atoms with Crippen LogP contribution in [-0.2, 0) is 0 Å². The van der Waals surface area contributed by atoms with Gasteiger partial charge in [-0.1, -0.05) is 146 Å². The number of hydrogen-bond donors (Lipinski definition) is 0. The smallest absolute Gasteiger partial charge is 0.0332 e. The molecule has 0 fully saturated rings. The van der Waals surface area contributed by atoms with Crippen LogP contribution in [0.15, 0.2) is 156 Å². The molecule has 41 heavy (non-hydrogen) atoms. The normalized spacial score (nSPS) is 11.5. The van der Waals surface area contributed by atoms with E-state index in [2.05, 4.69) is 168 Å². The van der Waals surface area contributed by atoms with Gasteiger partial charge in [-0.05, 0) is 98.5 Å². The topological polar surface area (TPSA) is 0 Å². The van der Waals surface area contributed by atoms with Gasteiger partial charge in [-0.15, -0.1) is 0 Å². The third-order valence-electron chi connectivity index (χ3n) is 8.30. The van der Waals surface area contributed by atoms with Gasteiger partial charge in [-0.2, -0.15) is 0 Å². The molecule has 8 rings (SSSR count). The number of hydrogen-bond acceptors (Lipinski definition) is 0. The minimum absolute atomic E-state index is 1.15. The third kappa shape index (κ3) is 3.81. The van der Waals surface area contributed by atoms with Crippen molar-refractivity contribution in [1.82, 2.24) is 0 Å². The van der Waals surface area contributed by atoms with Crippen molar-refractivity contribution >= 4 is 59.0 Å². The molecule has 0 saturated heterocycles. The lowest BCUT2D eigenvalue weighted by atomic mass is 9.85. The molecule has 0 amide bonds. The molecule has 0 spiro atoms. The maximum absolute atomic E-state index is 3.92. The van der Waals surface area contributed by atoms with E-state index in [-0.39, 0.29) is 0 Å². The second kappa shape index (κ2) is 9.73. The first kappa shape index (κ1) is 24.1. The Balaban J connectivity index is 1.47. The van der Waals surface area contributed by atoms with Crippen LogP contribution in [0.5, 0.6) is 0 Å². The van der Waals surface area contributed by atoms with Gasteiger partial charge in [-0.25, -0.2) is 0 Å². The van der Waals surface area contributed by atoms with Gasteiger partial charge in [0, 0.05) is 4.47 Å². The summed E-state index contributed by atoms with van der Waals surface area (Å²) in [6.07, 6.45) is 0. The highest BCUT2D eigenvalue weighted by Gasteiger charge is 2.18. The van der Waals surface area contributed by atoms with Gasteiger partial charge in [0.2, 0.25) is 0 Å². The van der Waals surface area contributed by atoms with Crippen molar-refractivity contribution in [1.29, 1.82) is 0 Å². The SMILES string of the molecule is Brc1c2ccccc2c(-c2cccc(-c3c4ccccc4c(-c4ccccc4)c4ccccc34)c2)c2ccccc12. The first-order valence-corrected chi connectivity index (χ1v) is 14.8. The third-order valence-corrected chi connectivity index (χ3v) is 9.15. The van der Waals surface area contributed by atoms with Crippen molar-refractivity contribution in [3.05, 3.63) is 156 Å². The molecule has 192 valence electrons. The molecule has 8 aromatic carbocycles. The molecular formula is C40H25Br. The van der Waals surface area contributed by atoms with Crippen molar-refractivity contribution in [3.63, 3.8) is 0 Å². The summed E-state index contributed by atoms with van der Waals surface area (Å²) in [7, 11) is 0. The average molecular weight is 586 g/mol. The van der Waals surface area contributed by atoms with Gasteiger partial charge in [-0.3, -0.25) is 0 Å². The number of rotatable bonds is 3. The van der Waals surface area contributed by atoms with Crippen molar-refractivity contribution in [3.8, 4) is 33.4 Å². The zero-order valence-corrected chi connectivity index (χ0v) is 23.9. The van der Waals surface area contributed by atoms with E-state index < -0.39 is 0 Å². The molecule has 0 radical (unpaired) electrons. The van der Waals surface area contributed by atoms with Crippen LogP contribution >= 0.6 is 15.9 Å². The molecule has 0 aliphatic rings. The number of halogens is 1. The molecule has 8 aromatic rings. The van der Waals surface area contributed by atoms with E-state index in [1.807, 2.05) is 0 Å². The molecule has 0 aliphatic heterocycles. The summed E-state index contributed by atoms with van der Waals surface area (Å²) < 4.78 is 1.15. The van der Waals surface area contributed by atoms with Crippen LogP contribution in [0.1, 0.15) is 0 Å². The van der Waals surface area contributed by atoms with E-state index in [0.29, 0.717) is 0 Å². The van der Waals surface area contributed by atoms with Crippen LogP contribution in [0.3, 0.4) is 0 Å². The van der Waals surface area contributed by atoms with E-state index >= 15 is 0 Å². The van der Waals surface area contributed by atoms with Crippen LogP contribution in [0.2, 0.25) is 0 Å². The molecule has 0 atom stereocenters. The first-order chi connectivity index (χ1) is 20.3. The Morgan fingerprint density at radius 2 is 0.561 bits per heavy atom. The second-order valence-electron chi connectivity index (χ2n) is 10.6. The number of benzene rings is 8. The quantitative estimate of drug-likeness (QED) is 0.181. The summed E-state index contributed by atoms with van der Waals surface area (Å²) in [6.45, 7) is 0. The fourth-order valence-electron chi connectivity index (χ4n) is 6.57. The summed E-state index contributed by atoms with van der Waals surface area (Å²) in [5.74, 6) is 0. The lowest BCUT2D eigenvalue weighted by molar-refractivity contribution is 1.64. The highest BCUT2D eigenvalue weighted by atomic mass is 79.9. The Hall–Kier alpha value is -4.72. The van der Waals surface area contributed by atoms with Crippen molar-refractivity contribution < 1.29 is 0 Å². The van der Waals surface area contributed by atoms with E-state index in [1.165, 1.54) is 76.5 Å². The Labute approximate surface area is 247 Å². The minimum atomic E-state index is 1.15. The lowest BCUT2D eigenvalue weighted by Crippen LogP contribution is -1.92. The number of fused-ring (bicyclic) bond motifs is 4. The summed E-state index contributed by atoms with van der Waals surface area (Å²) in [5, 5.41) is 10.1. The molecule has 0 N–H and O–H groups in total.